The van der Waals surface area contributed by atoms with Gasteiger partial charge in [0, 0.05) is 31.1 Å². The Morgan fingerprint density at radius 1 is 0.776 bits per heavy atom. The molecule has 5 rings (SSSR count). The molecule has 0 saturated heterocycles. The molecule has 0 spiro atoms. The van der Waals surface area contributed by atoms with Gasteiger partial charge in [-0.25, -0.2) is 14.5 Å². The minimum Gasteiger partial charge on any atom is -0.456 e. The van der Waals surface area contributed by atoms with Gasteiger partial charge in [0.25, 0.3) is 5.91 Å². The molecule has 3 aromatic rings. The Bertz CT molecular complexity index is 1660. The highest BCUT2D eigenvalue weighted by atomic mass is 16.6. The maximum absolute atomic E-state index is 14.3. The second kappa shape index (κ2) is 14.1. The van der Waals surface area contributed by atoms with E-state index in [1.54, 1.807) is 36.2 Å². The number of urea groups is 1. The summed E-state index contributed by atoms with van der Waals surface area (Å²) in [7, 11) is 3.96. The standard InChI is InChI=1S/C42H55N3O4/c1-40(2,3)49-38(47)31-19-17-30(18-20-31)37(46)45(32-21-22-34-35(27-32)42(6,7)24-23-41(34,4)5)39(48)44(9)26-14-13-25-43(8)36-28-33(36)29-15-11-10-12-16-29/h10-12,15-22,27,33,36H,13-14,23-26,28H2,1-9H3. The van der Waals surface area contributed by atoms with Crippen molar-refractivity contribution >= 4 is 23.6 Å². The number of anilines is 1. The van der Waals surface area contributed by atoms with E-state index in [0.29, 0.717) is 35.3 Å². The Labute approximate surface area is 293 Å². The normalized spacial score (nSPS) is 19.1. The maximum atomic E-state index is 14.3. The number of amides is 3. The SMILES string of the molecule is CN(CCCCN(C)C1CC1c1ccccc1)C(=O)N(C(=O)c1ccc(C(=O)OC(C)(C)C)cc1)c1ccc2c(c1)C(C)(C)CCC2(C)C. The number of rotatable bonds is 10. The summed E-state index contributed by atoms with van der Waals surface area (Å²) in [6, 6.07) is 23.3. The van der Waals surface area contributed by atoms with Gasteiger partial charge in [-0.2, -0.15) is 0 Å². The predicted molar refractivity (Wildman–Crippen MR) is 198 cm³/mol. The van der Waals surface area contributed by atoms with Crippen molar-refractivity contribution in [2.75, 3.05) is 32.1 Å². The van der Waals surface area contributed by atoms with Crippen molar-refractivity contribution in [3.05, 3.63) is 101 Å². The fraction of sp³-hybridized carbons (Fsp3) is 0.500. The zero-order valence-electron chi connectivity index (χ0n) is 31.0. The molecule has 3 aromatic carbocycles. The van der Waals surface area contributed by atoms with Crippen LogP contribution in [0.4, 0.5) is 10.5 Å². The minimum absolute atomic E-state index is 0.00522. The van der Waals surface area contributed by atoms with Gasteiger partial charge in [-0.05, 0) is 130 Å². The summed E-state index contributed by atoms with van der Waals surface area (Å²) in [5.74, 6) is -0.289. The fourth-order valence-electron chi connectivity index (χ4n) is 7.11. The summed E-state index contributed by atoms with van der Waals surface area (Å²) in [6.45, 7) is 15.9. The number of imide groups is 1. The summed E-state index contributed by atoms with van der Waals surface area (Å²) in [6.07, 6.45) is 5.06. The lowest BCUT2D eigenvalue weighted by atomic mass is 9.63. The number of carbonyl (C=O) groups is 3. The monoisotopic (exact) mass is 665 g/mol. The summed E-state index contributed by atoms with van der Waals surface area (Å²) in [4.78, 5) is 46.6. The van der Waals surface area contributed by atoms with Gasteiger partial charge in [-0.15, -0.1) is 0 Å². The molecule has 0 heterocycles. The third-order valence-corrected chi connectivity index (χ3v) is 10.4. The molecule has 3 amide bonds. The van der Waals surface area contributed by atoms with Gasteiger partial charge < -0.3 is 14.5 Å². The van der Waals surface area contributed by atoms with Crippen molar-refractivity contribution in [1.29, 1.82) is 0 Å². The van der Waals surface area contributed by atoms with Crippen molar-refractivity contribution in [3.8, 4) is 0 Å². The highest BCUT2D eigenvalue weighted by Crippen LogP contribution is 2.47. The molecule has 1 fully saturated rings. The molecule has 7 nitrogen and oxygen atoms in total. The summed E-state index contributed by atoms with van der Waals surface area (Å²) < 4.78 is 5.50. The number of fused-ring (bicyclic) bond motifs is 1. The number of likely N-dealkylation sites (N-methyl/N-ethyl adjacent to an activating group) is 1. The van der Waals surface area contributed by atoms with E-state index in [9.17, 15) is 14.4 Å². The van der Waals surface area contributed by atoms with E-state index in [2.05, 4.69) is 76.0 Å². The molecule has 49 heavy (non-hydrogen) atoms. The molecule has 1 saturated carbocycles. The van der Waals surface area contributed by atoms with Crippen LogP contribution in [0.5, 0.6) is 0 Å². The number of hydrogen-bond donors (Lipinski definition) is 0. The van der Waals surface area contributed by atoms with E-state index in [0.717, 1.165) is 32.2 Å². The minimum atomic E-state index is -0.633. The Morgan fingerprint density at radius 2 is 1.37 bits per heavy atom. The first-order valence-electron chi connectivity index (χ1n) is 17.8. The number of unbranched alkanes of at least 4 members (excludes halogenated alkanes) is 1. The van der Waals surface area contributed by atoms with Crippen molar-refractivity contribution < 1.29 is 19.1 Å². The molecule has 2 aliphatic rings. The summed E-state index contributed by atoms with van der Waals surface area (Å²) in [5, 5.41) is 0. The van der Waals surface area contributed by atoms with Crippen LogP contribution < -0.4 is 4.90 Å². The molecule has 0 N–H and O–H groups in total. The van der Waals surface area contributed by atoms with Gasteiger partial charge in [0.2, 0.25) is 0 Å². The summed E-state index contributed by atoms with van der Waals surface area (Å²) >= 11 is 0. The number of hydrogen-bond acceptors (Lipinski definition) is 5. The third kappa shape index (κ3) is 8.43. The van der Waals surface area contributed by atoms with Crippen LogP contribution in [-0.2, 0) is 15.6 Å². The second-order valence-corrected chi connectivity index (χ2v) is 16.4. The molecule has 2 atom stereocenters. The van der Waals surface area contributed by atoms with Crippen molar-refractivity contribution in [2.45, 2.75) is 109 Å². The van der Waals surface area contributed by atoms with Crippen LogP contribution in [0, 0.1) is 0 Å². The van der Waals surface area contributed by atoms with Gasteiger partial charge >= 0.3 is 12.0 Å². The summed E-state index contributed by atoms with van der Waals surface area (Å²) in [5.41, 5.74) is 4.36. The Hall–Kier alpha value is -3.97. The molecule has 0 aromatic heterocycles. The first kappa shape index (κ1) is 36.3. The molecular weight excluding hydrogens is 610 g/mol. The van der Waals surface area contributed by atoms with Crippen LogP contribution in [0.3, 0.4) is 0 Å². The molecular formula is C42H55N3O4. The maximum Gasteiger partial charge on any atom is 0.338 e. The lowest BCUT2D eigenvalue weighted by molar-refractivity contribution is 0.00692. The highest BCUT2D eigenvalue weighted by molar-refractivity contribution is 6.20. The average Bonchev–Trinajstić information content (AvgIpc) is 3.86. The largest absolute Gasteiger partial charge is 0.456 e. The van der Waals surface area contributed by atoms with E-state index < -0.39 is 17.5 Å². The molecule has 2 aliphatic carbocycles. The zero-order chi connectivity index (χ0) is 35.7. The molecule has 0 aliphatic heterocycles. The lowest BCUT2D eigenvalue weighted by Crippen LogP contribution is -2.45. The van der Waals surface area contributed by atoms with Crippen LogP contribution in [0.25, 0.3) is 0 Å². The van der Waals surface area contributed by atoms with E-state index >= 15 is 0 Å². The molecule has 2 unspecified atom stereocenters. The van der Waals surface area contributed by atoms with Crippen LogP contribution in [0.2, 0.25) is 0 Å². The molecule has 0 radical (unpaired) electrons. The molecule has 0 bridgehead atoms. The predicted octanol–water partition coefficient (Wildman–Crippen LogP) is 8.96. The second-order valence-electron chi connectivity index (χ2n) is 16.4. The smallest absolute Gasteiger partial charge is 0.338 e. The number of benzene rings is 3. The quantitative estimate of drug-likeness (QED) is 0.160. The topological polar surface area (TPSA) is 70.2 Å². The number of ether oxygens (including phenoxy) is 1. The van der Waals surface area contributed by atoms with Gasteiger partial charge in [-0.3, -0.25) is 4.79 Å². The Balaban J connectivity index is 1.32. The van der Waals surface area contributed by atoms with Gasteiger partial charge in [0.15, 0.2) is 0 Å². The third-order valence-electron chi connectivity index (χ3n) is 10.4. The molecule has 262 valence electrons. The first-order valence-corrected chi connectivity index (χ1v) is 17.8. The van der Waals surface area contributed by atoms with Gasteiger partial charge in [0.05, 0.1) is 11.3 Å². The Morgan fingerprint density at radius 3 is 2.00 bits per heavy atom. The Kier molecular flexibility index (Phi) is 10.5. The number of carbonyl (C=O) groups excluding carboxylic acids is 3. The number of esters is 1. The van der Waals surface area contributed by atoms with E-state index in [4.69, 9.17) is 4.74 Å². The highest BCUT2D eigenvalue weighted by Gasteiger charge is 2.41. The van der Waals surface area contributed by atoms with Crippen molar-refractivity contribution in [3.63, 3.8) is 0 Å². The van der Waals surface area contributed by atoms with Gasteiger partial charge in [-0.1, -0.05) is 64.1 Å². The fourth-order valence-corrected chi connectivity index (χ4v) is 7.11. The van der Waals surface area contributed by atoms with Crippen LogP contribution in [-0.4, -0.2) is 66.5 Å². The van der Waals surface area contributed by atoms with Crippen molar-refractivity contribution in [1.82, 2.24) is 9.80 Å². The van der Waals surface area contributed by atoms with Crippen LogP contribution >= 0.6 is 0 Å². The van der Waals surface area contributed by atoms with E-state index in [1.165, 1.54) is 28.0 Å². The van der Waals surface area contributed by atoms with Crippen molar-refractivity contribution in [2.24, 2.45) is 0 Å². The molecule has 7 heteroatoms. The van der Waals surface area contributed by atoms with E-state index in [1.807, 2.05) is 32.9 Å². The lowest BCUT2D eigenvalue weighted by Gasteiger charge is -2.42. The first-order chi connectivity index (χ1) is 23.0. The number of nitrogens with zero attached hydrogens (tertiary/aromatic N) is 3. The average molecular weight is 666 g/mol. The zero-order valence-corrected chi connectivity index (χ0v) is 31.0. The van der Waals surface area contributed by atoms with Crippen LogP contribution in [0.1, 0.15) is 124 Å². The van der Waals surface area contributed by atoms with Crippen LogP contribution in [0.15, 0.2) is 72.8 Å². The van der Waals surface area contributed by atoms with E-state index in [-0.39, 0.29) is 16.9 Å². The van der Waals surface area contributed by atoms with Gasteiger partial charge in [0.1, 0.15) is 5.60 Å².